The van der Waals surface area contributed by atoms with Crippen LogP contribution >= 0.6 is 0 Å². The number of nitrogens with one attached hydrogen (secondary N) is 2. The number of rotatable bonds is 7. The third-order valence-corrected chi connectivity index (χ3v) is 5.01. The predicted molar refractivity (Wildman–Crippen MR) is 125 cm³/mol. The molecule has 0 aliphatic carbocycles. The van der Waals surface area contributed by atoms with Gasteiger partial charge in [-0.25, -0.2) is 14.2 Å². The van der Waals surface area contributed by atoms with Crippen molar-refractivity contribution >= 4 is 29.2 Å². The summed E-state index contributed by atoms with van der Waals surface area (Å²) in [4.78, 5) is 40.5. The van der Waals surface area contributed by atoms with Gasteiger partial charge in [0, 0.05) is 29.2 Å². The maximum Gasteiger partial charge on any atom is 0.409 e. The molecule has 0 radical (unpaired) electrons. The average molecular weight is 458 g/mol. The number of hydrogen-bond acceptors (Lipinski definition) is 4. The Bertz CT molecular complexity index is 1370. The Kier molecular flexibility index (Phi) is 6.45. The number of carboxylic acid groups (broad SMARTS) is 1. The molecule has 0 unspecified atom stereocenters. The SMILES string of the molecule is O=C(O)Nc1ccc(-c2ccccc2F)cc1NC(=O)CC(=O)c1cccc(-n2ccnc2)c1. The molecule has 2 amide bonds. The first-order chi connectivity index (χ1) is 16.4. The van der Waals surface area contributed by atoms with E-state index in [1.54, 1.807) is 65.8 Å². The Balaban J connectivity index is 1.55. The lowest BCUT2D eigenvalue weighted by molar-refractivity contribution is -0.115. The summed E-state index contributed by atoms with van der Waals surface area (Å²) >= 11 is 0. The highest BCUT2D eigenvalue weighted by Gasteiger charge is 2.16. The minimum absolute atomic E-state index is 0.0930. The van der Waals surface area contributed by atoms with Gasteiger partial charge in [0.25, 0.3) is 0 Å². The molecular weight excluding hydrogens is 439 g/mol. The van der Waals surface area contributed by atoms with Crippen LogP contribution in [0.2, 0.25) is 0 Å². The maximum absolute atomic E-state index is 14.2. The fourth-order valence-electron chi connectivity index (χ4n) is 3.43. The molecule has 0 saturated heterocycles. The van der Waals surface area contributed by atoms with Crippen LogP contribution < -0.4 is 10.6 Å². The van der Waals surface area contributed by atoms with Gasteiger partial charge in [0.2, 0.25) is 5.91 Å². The molecule has 0 aliphatic rings. The van der Waals surface area contributed by atoms with Gasteiger partial charge in [0.15, 0.2) is 5.78 Å². The Labute approximate surface area is 193 Å². The van der Waals surface area contributed by atoms with E-state index in [2.05, 4.69) is 15.6 Å². The van der Waals surface area contributed by atoms with Gasteiger partial charge in [-0.1, -0.05) is 36.4 Å². The van der Waals surface area contributed by atoms with Crippen molar-refractivity contribution in [2.75, 3.05) is 10.6 Å². The number of Topliss-reactive ketones (excluding diaryl/α,β-unsaturated/α-hetero) is 1. The molecule has 4 rings (SSSR count). The van der Waals surface area contributed by atoms with Crippen LogP contribution in [0.15, 0.2) is 85.5 Å². The number of amides is 2. The van der Waals surface area contributed by atoms with Crippen LogP contribution in [0, 0.1) is 5.82 Å². The quantitative estimate of drug-likeness (QED) is 0.267. The number of carbonyl (C=O) groups is 3. The molecule has 0 bridgehead atoms. The molecular formula is C25H19FN4O4. The average Bonchev–Trinajstić information content (AvgIpc) is 3.35. The van der Waals surface area contributed by atoms with Gasteiger partial charge in [-0.3, -0.25) is 14.9 Å². The van der Waals surface area contributed by atoms with E-state index >= 15 is 0 Å². The van der Waals surface area contributed by atoms with Crippen molar-refractivity contribution in [2.45, 2.75) is 6.42 Å². The van der Waals surface area contributed by atoms with Crippen LogP contribution in [-0.2, 0) is 4.79 Å². The summed E-state index contributed by atoms with van der Waals surface area (Å²) in [6, 6.07) is 17.2. The molecule has 34 heavy (non-hydrogen) atoms. The van der Waals surface area contributed by atoms with Crippen molar-refractivity contribution in [3.05, 3.63) is 96.8 Å². The summed E-state index contributed by atoms with van der Waals surface area (Å²) in [6.45, 7) is 0. The first-order valence-electron chi connectivity index (χ1n) is 10.2. The molecule has 0 spiro atoms. The molecule has 1 heterocycles. The van der Waals surface area contributed by atoms with Gasteiger partial charge >= 0.3 is 6.09 Å². The van der Waals surface area contributed by atoms with Gasteiger partial charge < -0.3 is 15.0 Å². The number of halogens is 1. The first kappa shape index (κ1) is 22.4. The highest BCUT2D eigenvalue weighted by atomic mass is 19.1. The lowest BCUT2D eigenvalue weighted by Gasteiger charge is -2.13. The zero-order chi connectivity index (χ0) is 24.1. The zero-order valence-electron chi connectivity index (χ0n) is 17.7. The van der Waals surface area contributed by atoms with E-state index in [1.807, 2.05) is 0 Å². The number of imidazole rings is 1. The molecule has 0 saturated carbocycles. The molecule has 8 nitrogen and oxygen atoms in total. The smallest absolute Gasteiger partial charge is 0.409 e. The van der Waals surface area contributed by atoms with E-state index in [4.69, 9.17) is 5.11 Å². The summed E-state index contributed by atoms with van der Waals surface area (Å²) < 4.78 is 16.0. The highest BCUT2D eigenvalue weighted by molar-refractivity contribution is 6.12. The molecule has 0 aliphatic heterocycles. The van der Waals surface area contributed by atoms with Crippen LogP contribution in [0.4, 0.5) is 20.6 Å². The lowest BCUT2D eigenvalue weighted by atomic mass is 10.0. The summed E-state index contributed by atoms with van der Waals surface area (Å²) in [6.07, 6.45) is 3.14. The number of anilines is 2. The second-order valence-electron chi connectivity index (χ2n) is 7.34. The number of ketones is 1. The summed E-state index contributed by atoms with van der Waals surface area (Å²) in [5.41, 5.74) is 1.97. The van der Waals surface area contributed by atoms with E-state index in [1.165, 1.54) is 24.3 Å². The highest BCUT2D eigenvalue weighted by Crippen LogP contribution is 2.31. The number of benzene rings is 3. The molecule has 3 N–H and O–H groups in total. The van der Waals surface area contributed by atoms with Crippen molar-refractivity contribution in [3.8, 4) is 16.8 Å². The summed E-state index contributed by atoms with van der Waals surface area (Å²) in [5.74, 6) is -1.53. The second-order valence-corrected chi connectivity index (χ2v) is 7.34. The van der Waals surface area contributed by atoms with Crippen molar-refractivity contribution in [1.29, 1.82) is 0 Å². The molecule has 170 valence electrons. The minimum atomic E-state index is -1.33. The summed E-state index contributed by atoms with van der Waals surface area (Å²) in [5, 5.41) is 13.9. The van der Waals surface area contributed by atoms with Crippen LogP contribution in [0.5, 0.6) is 0 Å². The van der Waals surface area contributed by atoms with Crippen molar-refractivity contribution < 1.29 is 23.9 Å². The van der Waals surface area contributed by atoms with E-state index in [-0.39, 0.29) is 16.9 Å². The van der Waals surface area contributed by atoms with Crippen LogP contribution in [0.3, 0.4) is 0 Å². The maximum atomic E-state index is 14.2. The Morgan fingerprint density at radius 1 is 0.941 bits per heavy atom. The van der Waals surface area contributed by atoms with Crippen LogP contribution in [0.1, 0.15) is 16.8 Å². The minimum Gasteiger partial charge on any atom is -0.465 e. The molecule has 1 aromatic heterocycles. The number of carbonyl (C=O) groups excluding carboxylic acids is 2. The second kappa shape index (κ2) is 9.78. The van der Waals surface area contributed by atoms with E-state index in [9.17, 15) is 18.8 Å². The topological polar surface area (TPSA) is 113 Å². The van der Waals surface area contributed by atoms with E-state index in [0.717, 1.165) is 0 Å². The third kappa shape index (κ3) is 5.16. The number of nitrogens with zero attached hydrogens (tertiary/aromatic N) is 2. The van der Waals surface area contributed by atoms with Crippen molar-refractivity contribution in [3.63, 3.8) is 0 Å². The normalized spacial score (nSPS) is 10.5. The van der Waals surface area contributed by atoms with Gasteiger partial charge in [0.1, 0.15) is 5.82 Å². The fourth-order valence-corrected chi connectivity index (χ4v) is 3.43. The number of hydrogen-bond donors (Lipinski definition) is 3. The Morgan fingerprint density at radius 2 is 1.76 bits per heavy atom. The van der Waals surface area contributed by atoms with Gasteiger partial charge in [-0.05, 0) is 35.9 Å². The molecule has 9 heteroatoms. The zero-order valence-corrected chi connectivity index (χ0v) is 17.7. The molecule has 3 aromatic carbocycles. The van der Waals surface area contributed by atoms with Gasteiger partial charge in [0.05, 0.1) is 24.1 Å². The monoisotopic (exact) mass is 458 g/mol. The van der Waals surface area contributed by atoms with Crippen molar-refractivity contribution in [1.82, 2.24) is 9.55 Å². The lowest BCUT2D eigenvalue weighted by Crippen LogP contribution is -2.18. The first-order valence-corrected chi connectivity index (χ1v) is 10.2. The Hall–Kier alpha value is -4.79. The Morgan fingerprint density at radius 3 is 2.50 bits per heavy atom. The third-order valence-electron chi connectivity index (χ3n) is 5.01. The standard InChI is InChI=1S/C25H19FN4O4/c26-20-7-2-1-6-19(20)16-8-9-21(29-25(33)34)22(13-16)28-24(32)14-23(31)17-4-3-5-18(12-17)30-11-10-27-15-30/h1-13,15,29H,14H2,(H,28,32)(H,33,34). The molecule has 4 aromatic rings. The predicted octanol–water partition coefficient (Wildman–Crippen LogP) is 4.98. The van der Waals surface area contributed by atoms with Gasteiger partial charge in [-0.2, -0.15) is 0 Å². The van der Waals surface area contributed by atoms with Crippen molar-refractivity contribution in [2.24, 2.45) is 0 Å². The largest absolute Gasteiger partial charge is 0.465 e. The fraction of sp³-hybridized carbons (Fsp3) is 0.0400. The van der Waals surface area contributed by atoms with Gasteiger partial charge in [-0.15, -0.1) is 0 Å². The van der Waals surface area contributed by atoms with Crippen LogP contribution in [-0.4, -0.2) is 32.4 Å². The van der Waals surface area contributed by atoms with E-state index < -0.39 is 30.0 Å². The summed E-state index contributed by atoms with van der Waals surface area (Å²) in [7, 11) is 0. The molecule has 0 atom stereocenters. The number of aromatic nitrogens is 2. The molecule has 0 fully saturated rings. The van der Waals surface area contributed by atoms with E-state index in [0.29, 0.717) is 16.8 Å². The van der Waals surface area contributed by atoms with Crippen LogP contribution in [0.25, 0.3) is 16.8 Å².